The number of hydrogen-bond donors (Lipinski definition) is 0. The minimum atomic E-state index is 0. The molecule has 2 aliphatic carbocycles. The van der Waals surface area contributed by atoms with Crippen LogP contribution in [0.5, 0.6) is 0 Å². The van der Waals surface area contributed by atoms with Crippen LogP contribution in [-0.2, 0) is 25.8 Å². The van der Waals surface area contributed by atoms with Crippen molar-refractivity contribution in [1.29, 1.82) is 0 Å². The van der Waals surface area contributed by atoms with E-state index < -0.39 is 0 Å². The smallest absolute Gasteiger partial charge is 0 e. The Bertz CT molecular complexity index is 270. The Morgan fingerprint density at radius 2 is 1.06 bits per heavy atom. The maximum atomic E-state index is 3.19. The summed E-state index contributed by atoms with van der Waals surface area (Å²) in [6.45, 7) is 8.43. The number of hydrogen-bond acceptors (Lipinski definition) is 0. The molecule has 0 aromatic carbocycles. The van der Waals surface area contributed by atoms with Gasteiger partial charge < -0.3 is 0 Å². The third-order valence-corrected chi connectivity index (χ3v) is 2.73. The van der Waals surface area contributed by atoms with Crippen LogP contribution >= 0.6 is 34.0 Å². The molecule has 0 aromatic rings. The molecule has 0 fully saturated rings. The minimum Gasteiger partial charge on any atom is -0.270 e. The summed E-state index contributed by atoms with van der Waals surface area (Å²) < 4.78 is 0. The summed E-state index contributed by atoms with van der Waals surface area (Å²) in [5.74, 6) is 0. The molecule has 17 heavy (non-hydrogen) atoms. The van der Waals surface area contributed by atoms with Gasteiger partial charge in [-0.05, 0) is 0 Å². The van der Waals surface area contributed by atoms with Gasteiger partial charge in [-0.1, -0.05) is 13.8 Å². The van der Waals surface area contributed by atoms with Gasteiger partial charge in [0.2, 0.25) is 0 Å². The molecule has 0 aliphatic heterocycles. The van der Waals surface area contributed by atoms with E-state index in [2.05, 4.69) is 52.0 Å². The first-order valence-electron chi connectivity index (χ1n) is 5.10. The van der Waals surface area contributed by atoms with Gasteiger partial charge in [-0.25, -0.2) is 22.3 Å². The standard InChI is InChI=1S/2C7H9.2BrH.Hf/c2*1-6-4-3-5-7(6)2;;;/h2*4H,3H2,1-2H3;2*1H;/q2*-1;;;. The molecule has 0 atom stereocenters. The number of halogens is 2. The van der Waals surface area contributed by atoms with Crippen LogP contribution in [-0.4, -0.2) is 0 Å². The SMILES string of the molecule is Br.Br.CC1=[C-]CC=C1C.CC1=[C-]CC=C1C.[Hf]. The second kappa shape index (κ2) is 11.9. The number of rotatable bonds is 0. The molecule has 2 aliphatic rings. The van der Waals surface area contributed by atoms with Crippen molar-refractivity contribution < 1.29 is 25.8 Å². The van der Waals surface area contributed by atoms with Crippen LogP contribution in [0.3, 0.4) is 0 Å². The van der Waals surface area contributed by atoms with Crippen LogP contribution in [0.1, 0.15) is 40.5 Å². The maximum absolute atomic E-state index is 3.19. The van der Waals surface area contributed by atoms with Crippen molar-refractivity contribution in [3.8, 4) is 0 Å². The average Bonchev–Trinajstić information content (AvgIpc) is 2.67. The molecule has 0 amide bonds. The van der Waals surface area contributed by atoms with Crippen LogP contribution in [0.15, 0.2) is 34.4 Å². The average molecular weight is 527 g/mol. The first-order valence-corrected chi connectivity index (χ1v) is 5.10. The van der Waals surface area contributed by atoms with Crippen LogP contribution in [0.25, 0.3) is 0 Å². The van der Waals surface area contributed by atoms with Crippen molar-refractivity contribution in [3.05, 3.63) is 46.6 Å². The zero-order valence-electron chi connectivity index (χ0n) is 10.9. The molecule has 0 N–H and O–H groups in total. The van der Waals surface area contributed by atoms with Crippen molar-refractivity contribution in [2.24, 2.45) is 0 Å². The monoisotopic (exact) mass is 526 g/mol. The van der Waals surface area contributed by atoms with Gasteiger partial charge in [0.25, 0.3) is 0 Å². The third-order valence-electron chi connectivity index (χ3n) is 2.73. The van der Waals surface area contributed by atoms with Crippen LogP contribution in [0.4, 0.5) is 0 Å². The predicted molar refractivity (Wildman–Crippen MR) is 82.3 cm³/mol. The summed E-state index contributed by atoms with van der Waals surface area (Å²) in [6, 6.07) is 0. The maximum Gasteiger partial charge on any atom is 0 e. The van der Waals surface area contributed by atoms with Crippen LogP contribution in [0, 0.1) is 12.2 Å². The second-order valence-corrected chi connectivity index (χ2v) is 3.79. The fourth-order valence-corrected chi connectivity index (χ4v) is 1.30. The van der Waals surface area contributed by atoms with E-state index >= 15 is 0 Å². The van der Waals surface area contributed by atoms with Gasteiger partial charge in [0.05, 0.1) is 0 Å². The van der Waals surface area contributed by atoms with Crippen LogP contribution < -0.4 is 0 Å². The summed E-state index contributed by atoms with van der Waals surface area (Å²) in [5, 5.41) is 0. The minimum absolute atomic E-state index is 0. The van der Waals surface area contributed by atoms with Gasteiger partial charge in [0.1, 0.15) is 0 Å². The molecule has 0 unspecified atom stereocenters. The van der Waals surface area contributed by atoms with Crippen molar-refractivity contribution in [2.75, 3.05) is 0 Å². The van der Waals surface area contributed by atoms with Crippen LogP contribution in [0.2, 0.25) is 0 Å². The van der Waals surface area contributed by atoms with Gasteiger partial charge in [-0.15, -0.1) is 60.7 Å². The Kier molecular flexibility index (Phi) is 16.0. The van der Waals surface area contributed by atoms with E-state index in [1.54, 1.807) is 0 Å². The van der Waals surface area contributed by atoms with E-state index in [-0.39, 0.29) is 59.8 Å². The van der Waals surface area contributed by atoms with Crippen molar-refractivity contribution >= 4 is 34.0 Å². The Balaban J connectivity index is -0.000000196. The van der Waals surface area contributed by atoms with E-state index in [1.165, 1.54) is 22.3 Å². The zero-order chi connectivity index (χ0) is 10.6. The molecule has 0 aromatic heterocycles. The largest absolute Gasteiger partial charge is 0.270 e. The van der Waals surface area contributed by atoms with Crippen molar-refractivity contribution in [1.82, 2.24) is 0 Å². The Hall–Kier alpha value is 0.790. The van der Waals surface area contributed by atoms with Gasteiger partial charge in [-0.3, -0.25) is 12.2 Å². The fraction of sp³-hybridized carbons (Fsp3) is 0.429. The molecule has 0 nitrogen and oxygen atoms in total. The summed E-state index contributed by atoms with van der Waals surface area (Å²) >= 11 is 0. The first kappa shape index (κ1) is 22.9. The van der Waals surface area contributed by atoms with E-state index in [1.807, 2.05) is 0 Å². The van der Waals surface area contributed by atoms with E-state index in [0.717, 1.165) is 12.8 Å². The van der Waals surface area contributed by atoms with Crippen molar-refractivity contribution in [2.45, 2.75) is 40.5 Å². The van der Waals surface area contributed by atoms with Gasteiger partial charge in [0, 0.05) is 25.8 Å². The number of allylic oxidation sites excluding steroid dienone is 8. The molecule has 0 bridgehead atoms. The van der Waals surface area contributed by atoms with E-state index in [9.17, 15) is 0 Å². The molecule has 96 valence electrons. The Morgan fingerprint density at radius 1 is 0.765 bits per heavy atom. The third kappa shape index (κ3) is 8.50. The normalized spacial score (nSPS) is 15.8. The predicted octanol–water partition coefficient (Wildman–Crippen LogP) is 5.33. The Labute approximate surface area is 146 Å². The first-order chi connectivity index (χ1) is 6.61. The van der Waals surface area contributed by atoms with E-state index in [4.69, 9.17) is 0 Å². The molecule has 0 radical (unpaired) electrons. The summed E-state index contributed by atoms with van der Waals surface area (Å²) in [6.07, 6.45) is 12.8. The quantitative estimate of drug-likeness (QED) is 0.296. The van der Waals surface area contributed by atoms with Gasteiger partial charge >= 0.3 is 0 Å². The summed E-state index contributed by atoms with van der Waals surface area (Å²) in [5.41, 5.74) is 5.42. The molecular formula is C14H20Br2Hf-2. The van der Waals surface area contributed by atoms with Gasteiger partial charge in [0.15, 0.2) is 0 Å². The van der Waals surface area contributed by atoms with Crippen molar-refractivity contribution in [3.63, 3.8) is 0 Å². The van der Waals surface area contributed by atoms with Gasteiger partial charge in [-0.2, -0.15) is 12.2 Å². The molecule has 0 heterocycles. The van der Waals surface area contributed by atoms with E-state index in [0.29, 0.717) is 0 Å². The summed E-state index contributed by atoms with van der Waals surface area (Å²) in [4.78, 5) is 0. The second-order valence-electron chi connectivity index (χ2n) is 3.79. The molecule has 2 rings (SSSR count). The fourth-order valence-electron chi connectivity index (χ4n) is 1.30. The molecular weight excluding hydrogens is 506 g/mol. The Morgan fingerprint density at radius 3 is 1.12 bits per heavy atom. The molecule has 0 saturated carbocycles. The topological polar surface area (TPSA) is 0 Å². The molecule has 3 heteroatoms. The molecule has 0 saturated heterocycles. The summed E-state index contributed by atoms with van der Waals surface area (Å²) in [7, 11) is 0. The molecule has 0 spiro atoms. The zero-order valence-corrected chi connectivity index (χ0v) is 17.9.